The molecule has 3 aromatic carbocycles. The average molecular weight is 610 g/mol. The molecular weight excluding hydrogens is 569 g/mol. The number of nitrogens with zero attached hydrogens (tertiary/aromatic N) is 4. The smallest absolute Gasteiger partial charge is 0.256 e. The standard InChI is InChI=1S/C36H40FN5O3/c1-40(2)29-12-5-25(6-13-29)7-17-34(43)39-33-16-11-28(37)23-32(33)36(44)42-21-19-31(20-22-42)45-35-18-10-27(24-38-35)26-8-14-30(15-9-26)41(3)4/h5-6,8-16,18,23-24,31H,7,17,19-22H2,1-4H3,(H,39,43). The van der Waals surface area contributed by atoms with Crippen LogP contribution < -0.4 is 19.9 Å². The summed E-state index contributed by atoms with van der Waals surface area (Å²) in [7, 11) is 7.97. The molecular formula is C36H40FN5O3. The van der Waals surface area contributed by atoms with Crippen LogP contribution in [0.1, 0.15) is 35.2 Å². The Hall–Kier alpha value is -4.92. The molecule has 45 heavy (non-hydrogen) atoms. The number of aryl methyl sites for hydroxylation is 1. The molecule has 2 heterocycles. The van der Waals surface area contributed by atoms with Crippen LogP contribution in [0, 0.1) is 5.82 Å². The summed E-state index contributed by atoms with van der Waals surface area (Å²) >= 11 is 0. The molecule has 5 rings (SSSR count). The first-order chi connectivity index (χ1) is 21.7. The first kappa shape index (κ1) is 31.5. The zero-order chi connectivity index (χ0) is 31.9. The largest absolute Gasteiger partial charge is 0.474 e. The second kappa shape index (κ2) is 14.2. The molecule has 0 bridgehead atoms. The highest BCUT2D eigenvalue weighted by atomic mass is 19.1. The lowest BCUT2D eigenvalue weighted by Gasteiger charge is -2.32. The summed E-state index contributed by atoms with van der Waals surface area (Å²) in [6.07, 6.45) is 3.74. The zero-order valence-corrected chi connectivity index (χ0v) is 26.3. The summed E-state index contributed by atoms with van der Waals surface area (Å²) in [5.41, 5.74) is 5.80. The molecule has 2 amide bonds. The van der Waals surface area contributed by atoms with Gasteiger partial charge in [0.25, 0.3) is 5.91 Å². The number of hydrogen-bond acceptors (Lipinski definition) is 6. The molecule has 1 aliphatic rings. The van der Waals surface area contributed by atoms with E-state index in [9.17, 15) is 14.0 Å². The van der Waals surface area contributed by atoms with Crippen LogP contribution in [-0.2, 0) is 11.2 Å². The maximum absolute atomic E-state index is 14.2. The Morgan fingerprint density at radius 2 is 1.49 bits per heavy atom. The topological polar surface area (TPSA) is 78.0 Å². The zero-order valence-electron chi connectivity index (χ0n) is 26.3. The number of rotatable bonds is 10. The summed E-state index contributed by atoms with van der Waals surface area (Å²) < 4.78 is 20.4. The van der Waals surface area contributed by atoms with E-state index < -0.39 is 5.82 Å². The minimum Gasteiger partial charge on any atom is -0.474 e. The Bertz CT molecular complexity index is 1600. The predicted octanol–water partition coefficient (Wildman–Crippen LogP) is 6.27. The van der Waals surface area contributed by atoms with Crippen molar-refractivity contribution in [2.45, 2.75) is 31.8 Å². The van der Waals surface area contributed by atoms with Crippen LogP contribution in [0.5, 0.6) is 5.88 Å². The first-order valence-electron chi connectivity index (χ1n) is 15.2. The van der Waals surface area contributed by atoms with Crippen molar-refractivity contribution in [3.05, 3.63) is 102 Å². The van der Waals surface area contributed by atoms with E-state index in [1.807, 2.05) is 69.5 Å². The summed E-state index contributed by atoms with van der Waals surface area (Å²) in [6, 6.07) is 24.1. The van der Waals surface area contributed by atoms with Crippen molar-refractivity contribution < 1.29 is 18.7 Å². The number of benzene rings is 3. The number of halogens is 1. The number of carbonyl (C=O) groups is 2. The van der Waals surface area contributed by atoms with Gasteiger partial charge in [-0.3, -0.25) is 9.59 Å². The number of anilines is 3. The van der Waals surface area contributed by atoms with Gasteiger partial charge in [0, 0.05) is 89.7 Å². The monoisotopic (exact) mass is 609 g/mol. The molecule has 0 atom stereocenters. The van der Waals surface area contributed by atoms with Crippen LogP contribution in [0.3, 0.4) is 0 Å². The van der Waals surface area contributed by atoms with Crippen molar-refractivity contribution in [3.63, 3.8) is 0 Å². The Labute approximate surface area is 264 Å². The Morgan fingerprint density at radius 1 is 0.867 bits per heavy atom. The number of nitrogens with one attached hydrogen (secondary N) is 1. The van der Waals surface area contributed by atoms with E-state index in [4.69, 9.17) is 4.74 Å². The van der Waals surface area contributed by atoms with E-state index >= 15 is 0 Å². The molecule has 234 valence electrons. The van der Waals surface area contributed by atoms with Crippen LogP contribution >= 0.6 is 0 Å². The van der Waals surface area contributed by atoms with Crippen molar-refractivity contribution in [3.8, 4) is 17.0 Å². The molecule has 1 aliphatic heterocycles. The van der Waals surface area contributed by atoms with E-state index in [1.54, 1.807) is 11.1 Å². The van der Waals surface area contributed by atoms with Crippen LogP contribution in [-0.4, -0.2) is 69.1 Å². The van der Waals surface area contributed by atoms with Gasteiger partial charge in [0.2, 0.25) is 11.8 Å². The average Bonchev–Trinajstić information content (AvgIpc) is 3.05. The third kappa shape index (κ3) is 8.17. The second-order valence-corrected chi connectivity index (χ2v) is 11.7. The van der Waals surface area contributed by atoms with Crippen molar-refractivity contribution in [1.82, 2.24) is 9.88 Å². The molecule has 0 saturated carbocycles. The van der Waals surface area contributed by atoms with E-state index in [-0.39, 0.29) is 29.9 Å². The van der Waals surface area contributed by atoms with Crippen molar-refractivity contribution in [2.24, 2.45) is 0 Å². The minimum atomic E-state index is -0.529. The predicted molar refractivity (Wildman–Crippen MR) is 178 cm³/mol. The molecule has 0 radical (unpaired) electrons. The molecule has 8 nitrogen and oxygen atoms in total. The maximum atomic E-state index is 14.2. The Kier molecular flexibility index (Phi) is 9.97. The van der Waals surface area contributed by atoms with Crippen LogP contribution in [0.2, 0.25) is 0 Å². The van der Waals surface area contributed by atoms with Gasteiger partial charge in [0.05, 0.1) is 11.3 Å². The fourth-order valence-electron chi connectivity index (χ4n) is 5.32. The highest BCUT2D eigenvalue weighted by molar-refractivity contribution is 6.03. The molecule has 1 saturated heterocycles. The van der Waals surface area contributed by atoms with Gasteiger partial charge in [0.15, 0.2) is 0 Å². The molecule has 0 aliphatic carbocycles. The fraction of sp³-hybridized carbons (Fsp3) is 0.306. The maximum Gasteiger partial charge on any atom is 0.256 e. The molecule has 1 N–H and O–H groups in total. The van der Waals surface area contributed by atoms with Gasteiger partial charge in [-0.1, -0.05) is 24.3 Å². The van der Waals surface area contributed by atoms with Crippen molar-refractivity contribution in [2.75, 3.05) is 56.4 Å². The summed E-state index contributed by atoms with van der Waals surface area (Å²) in [5, 5.41) is 2.83. The number of likely N-dealkylation sites (tertiary alicyclic amines) is 1. The van der Waals surface area contributed by atoms with Gasteiger partial charge in [0.1, 0.15) is 11.9 Å². The van der Waals surface area contributed by atoms with Crippen molar-refractivity contribution in [1.29, 1.82) is 0 Å². The number of aromatic nitrogens is 1. The Balaban J connectivity index is 1.14. The molecule has 0 unspecified atom stereocenters. The third-order valence-electron chi connectivity index (χ3n) is 8.05. The SMILES string of the molecule is CN(C)c1ccc(CCC(=O)Nc2ccc(F)cc2C(=O)N2CCC(Oc3ccc(-c4ccc(N(C)C)cc4)cn3)CC2)cc1. The minimum absolute atomic E-state index is 0.0924. The molecule has 1 fully saturated rings. The van der Waals surface area contributed by atoms with Gasteiger partial charge in [-0.05, 0) is 66.1 Å². The molecule has 1 aromatic heterocycles. The molecule has 9 heteroatoms. The lowest BCUT2D eigenvalue weighted by molar-refractivity contribution is -0.116. The summed E-state index contributed by atoms with van der Waals surface area (Å²) in [5.74, 6) is -0.537. The van der Waals surface area contributed by atoms with Crippen molar-refractivity contribution >= 4 is 28.9 Å². The number of pyridine rings is 1. The van der Waals surface area contributed by atoms with E-state index in [0.29, 0.717) is 43.9 Å². The second-order valence-electron chi connectivity index (χ2n) is 11.7. The number of piperidine rings is 1. The quantitative estimate of drug-likeness (QED) is 0.228. The Morgan fingerprint density at radius 3 is 2.09 bits per heavy atom. The highest BCUT2D eigenvalue weighted by Gasteiger charge is 2.27. The highest BCUT2D eigenvalue weighted by Crippen LogP contribution is 2.26. The van der Waals surface area contributed by atoms with E-state index in [0.717, 1.165) is 28.1 Å². The van der Waals surface area contributed by atoms with E-state index in [2.05, 4.69) is 39.5 Å². The lowest BCUT2D eigenvalue weighted by Crippen LogP contribution is -2.42. The van der Waals surface area contributed by atoms with Crippen LogP contribution in [0.4, 0.5) is 21.5 Å². The number of ether oxygens (including phenoxy) is 1. The van der Waals surface area contributed by atoms with Crippen LogP contribution in [0.15, 0.2) is 85.1 Å². The normalized spacial score (nSPS) is 13.3. The molecule has 0 spiro atoms. The fourth-order valence-corrected chi connectivity index (χ4v) is 5.32. The van der Waals surface area contributed by atoms with Gasteiger partial charge in [-0.2, -0.15) is 0 Å². The van der Waals surface area contributed by atoms with Gasteiger partial charge in [-0.15, -0.1) is 0 Å². The van der Waals surface area contributed by atoms with Gasteiger partial charge >= 0.3 is 0 Å². The summed E-state index contributed by atoms with van der Waals surface area (Å²) in [6.45, 7) is 0.902. The summed E-state index contributed by atoms with van der Waals surface area (Å²) in [4.78, 5) is 36.5. The van der Waals surface area contributed by atoms with Gasteiger partial charge in [-0.25, -0.2) is 9.37 Å². The van der Waals surface area contributed by atoms with E-state index in [1.165, 1.54) is 18.2 Å². The third-order valence-corrected chi connectivity index (χ3v) is 8.05. The number of hydrogen-bond donors (Lipinski definition) is 1. The number of carbonyl (C=O) groups excluding carboxylic acids is 2. The van der Waals surface area contributed by atoms with Gasteiger partial charge < -0.3 is 24.8 Å². The van der Waals surface area contributed by atoms with Crippen LogP contribution in [0.25, 0.3) is 11.1 Å². The lowest BCUT2D eigenvalue weighted by atomic mass is 10.0. The molecule has 4 aromatic rings. The number of amides is 2. The first-order valence-corrected chi connectivity index (χ1v) is 15.2.